The molecule has 0 aliphatic carbocycles. The first-order valence-corrected chi connectivity index (χ1v) is 6.09. The molecule has 16 heavy (non-hydrogen) atoms. The van der Waals surface area contributed by atoms with Crippen LogP contribution in [0.15, 0.2) is 34.4 Å². The molecule has 0 aromatic carbocycles. The Morgan fingerprint density at radius 2 is 2.31 bits per heavy atom. The lowest BCUT2D eigenvalue weighted by molar-refractivity contribution is 0.103. The maximum atomic E-state index is 11.8. The SMILES string of the molecule is Nc1ccsc1C(=O)Nc1ccncc1Br. The number of nitrogens with one attached hydrogen (secondary N) is 1. The van der Waals surface area contributed by atoms with Crippen LogP contribution in [0, 0.1) is 0 Å². The highest BCUT2D eigenvalue weighted by Gasteiger charge is 2.12. The van der Waals surface area contributed by atoms with Crippen molar-refractivity contribution in [1.82, 2.24) is 4.98 Å². The number of anilines is 2. The molecule has 6 heteroatoms. The zero-order valence-corrected chi connectivity index (χ0v) is 10.5. The number of nitrogens with zero attached hydrogens (tertiary/aromatic N) is 1. The lowest BCUT2D eigenvalue weighted by atomic mass is 10.3. The van der Waals surface area contributed by atoms with Crippen LogP contribution in [-0.4, -0.2) is 10.9 Å². The van der Waals surface area contributed by atoms with Gasteiger partial charge < -0.3 is 11.1 Å². The zero-order valence-electron chi connectivity index (χ0n) is 8.11. The Morgan fingerprint density at radius 1 is 1.50 bits per heavy atom. The summed E-state index contributed by atoms with van der Waals surface area (Å²) in [7, 11) is 0. The van der Waals surface area contributed by atoms with Crippen molar-refractivity contribution in [1.29, 1.82) is 0 Å². The zero-order chi connectivity index (χ0) is 11.5. The van der Waals surface area contributed by atoms with Gasteiger partial charge in [0.05, 0.1) is 15.8 Å². The second-order valence-corrected chi connectivity index (χ2v) is 4.79. The number of carbonyl (C=O) groups is 1. The van der Waals surface area contributed by atoms with Gasteiger partial charge in [0.15, 0.2) is 0 Å². The second-order valence-electron chi connectivity index (χ2n) is 3.01. The van der Waals surface area contributed by atoms with E-state index in [1.807, 2.05) is 0 Å². The summed E-state index contributed by atoms with van der Waals surface area (Å²) >= 11 is 4.62. The summed E-state index contributed by atoms with van der Waals surface area (Å²) in [5.41, 5.74) is 6.83. The van der Waals surface area contributed by atoms with E-state index in [0.29, 0.717) is 16.3 Å². The van der Waals surface area contributed by atoms with E-state index in [4.69, 9.17) is 5.73 Å². The molecular weight excluding hydrogens is 290 g/mol. The lowest BCUT2D eigenvalue weighted by Gasteiger charge is -2.05. The highest BCUT2D eigenvalue weighted by atomic mass is 79.9. The Kier molecular flexibility index (Phi) is 3.21. The van der Waals surface area contributed by atoms with Crippen LogP contribution in [0.5, 0.6) is 0 Å². The van der Waals surface area contributed by atoms with E-state index in [-0.39, 0.29) is 5.91 Å². The van der Waals surface area contributed by atoms with Crippen LogP contribution in [0.4, 0.5) is 11.4 Å². The minimum Gasteiger partial charge on any atom is -0.397 e. The number of hydrogen-bond acceptors (Lipinski definition) is 4. The molecule has 0 aliphatic rings. The van der Waals surface area contributed by atoms with E-state index in [0.717, 1.165) is 4.47 Å². The fourth-order valence-electron chi connectivity index (χ4n) is 1.16. The minimum atomic E-state index is -0.209. The number of nitrogen functional groups attached to an aromatic ring is 1. The molecule has 2 aromatic rings. The van der Waals surface area contributed by atoms with Gasteiger partial charge >= 0.3 is 0 Å². The standard InChI is InChI=1S/C10H8BrN3OS/c11-6-5-13-3-1-8(6)14-10(15)9-7(12)2-4-16-9/h1-5H,12H2,(H,13,14,15). The van der Waals surface area contributed by atoms with Gasteiger partial charge in [-0.3, -0.25) is 9.78 Å². The predicted molar refractivity (Wildman–Crippen MR) is 68.6 cm³/mol. The number of hydrogen-bond donors (Lipinski definition) is 2. The lowest BCUT2D eigenvalue weighted by Crippen LogP contribution is -2.12. The first-order valence-electron chi connectivity index (χ1n) is 4.42. The van der Waals surface area contributed by atoms with Gasteiger partial charge in [-0.2, -0.15) is 0 Å². The van der Waals surface area contributed by atoms with Crippen LogP contribution in [0.2, 0.25) is 0 Å². The molecule has 0 fully saturated rings. The van der Waals surface area contributed by atoms with Gasteiger partial charge in [0.2, 0.25) is 0 Å². The van der Waals surface area contributed by atoms with Gasteiger partial charge in [-0.15, -0.1) is 11.3 Å². The molecular formula is C10H8BrN3OS. The Labute approximate surface area is 105 Å². The van der Waals surface area contributed by atoms with E-state index in [2.05, 4.69) is 26.2 Å². The monoisotopic (exact) mass is 297 g/mol. The van der Waals surface area contributed by atoms with Crippen LogP contribution >= 0.6 is 27.3 Å². The third-order valence-corrected chi connectivity index (χ3v) is 3.48. The van der Waals surface area contributed by atoms with E-state index < -0.39 is 0 Å². The van der Waals surface area contributed by atoms with Gasteiger partial charge in [-0.25, -0.2) is 0 Å². The summed E-state index contributed by atoms with van der Waals surface area (Å²) in [6.45, 7) is 0. The van der Waals surface area contributed by atoms with Crippen molar-refractivity contribution in [2.75, 3.05) is 11.1 Å². The molecule has 0 unspecified atom stereocenters. The number of amides is 1. The predicted octanol–water partition coefficient (Wildman–Crippen LogP) is 2.74. The smallest absolute Gasteiger partial charge is 0.267 e. The molecule has 2 heterocycles. The van der Waals surface area contributed by atoms with Crippen molar-refractivity contribution in [3.05, 3.63) is 39.3 Å². The number of thiophene rings is 1. The van der Waals surface area contributed by atoms with Crippen molar-refractivity contribution >= 4 is 44.5 Å². The van der Waals surface area contributed by atoms with Crippen molar-refractivity contribution < 1.29 is 4.79 Å². The summed E-state index contributed by atoms with van der Waals surface area (Å²) in [5, 5.41) is 4.54. The molecule has 0 spiro atoms. The number of pyridine rings is 1. The average Bonchev–Trinajstić information content (AvgIpc) is 2.68. The van der Waals surface area contributed by atoms with Gasteiger partial charge in [0.25, 0.3) is 5.91 Å². The quantitative estimate of drug-likeness (QED) is 0.895. The molecule has 0 radical (unpaired) electrons. The molecule has 2 rings (SSSR count). The Bertz CT molecular complexity index is 526. The van der Waals surface area contributed by atoms with E-state index in [1.165, 1.54) is 11.3 Å². The molecule has 4 nitrogen and oxygen atoms in total. The summed E-state index contributed by atoms with van der Waals surface area (Å²) < 4.78 is 0.735. The van der Waals surface area contributed by atoms with Crippen molar-refractivity contribution in [2.45, 2.75) is 0 Å². The number of halogens is 1. The van der Waals surface area contributed by atoms with Crippen molar-refractivity contribution in [2.24, 2.45) is 0 Å². The molecule has 3 N–H and O–H groups in total. The van der Waals surface area contributed by atoms with Crippen LogP contribution < -0.4 is 11.1 Å². The molecule has 0 saturated heterocycles. The van der Waals surface area contributed by atoms with Crippen LogP contribution in [0.1, 0.15) is 9.67 Å². The summed E-state index contributed by atoms with van der Waals surface area (Å²) in [4.78, 5) is 16.3. The topological polar surface area (TPSA) is 68.0 Å². The average molecular weight is 298 g/mol. The number of rotatable bonds is 2. The van der Waals surface area contributed by atoms with E-state index in [9.17, 15) is 4.79 Å². The first-order chi connectivity index (χ1) is 7.68. The van der Waals surface area contributed by atoms with Gasteiger partial charge in [-0.1, -0.05) is 0 Å². The summed E-state index contributed by atoms with van der Waals surface area (Å²) in [6, 6.07) is 3.42. The minimum absolute atomic E-state index is 0.209. The maximum Gasteiger partial charge on any atom is 0.267 e. The molecule has 0 saturated carbocycles. The number of carbonyl (C=O) groups excluding carboxylic acids is 1. The third-order valence-electron chi connectivity index (χ3n) is 1.92. The number of aromatic nitrogens is 1. The Balaban J connectivity index is 2.21. The molecule has 82 valence electrons. The molecule has 2 aromatic heterocycles. The second kappa shape index (κ2) is 4.63. The van der Waals surface area contributed by atoms with Crippen molar-refractivity contribution in [3.8, 4) is 0 Å². The fraction of sp³-hybridized carbons (Fsp3) is 0. The number of nitrogens with two attached hydrogens (primary N) is 1. The first kappa shape index (κ1) is 11.1. The maximum absolute atomic E-state index is 11.8. The van der Waals surface area contributed by atoms with Gasteiger partial charge in [0.1, 0.15) is 4.88 Å². The third kappa shape index (κ3) is 2.23. The van der Waals surface area contributed by atoms with Gasteiger partial charge in [-0.05, 0) is 33.4 Å². The molecule has 0 bridgehead atoms. The Morgan fingerprint density at radius 3 is 2.94 bits per heavy atom. The Hall–Kier alpha value is -1.40. The molecule has 0 aliphatic heterocycles. The largest absolute Gasteiger partial charge is 0.397 e. The highest BCUT2D eigenvalue weighted by Crippen LogP contribution is 2.24. The summed E-state index contributed by atoms with van der Waals surface area (Å²) in [5.74, 6) is -0.209. The highest BCUT2D eigenvalue weighted by molar-refractivity contribution is 9.10. The van der Waals surface area contributed by atoms with Crippen LogP contribution in [0.25, 0.3) is 0 Å². The molecule has 0 atom stereocenters. The van der Waals surface area contributed by atoms with E-state index in [1.54, 1.807) is 29.9 Å². The van der Waals surface area contributed by atoms with Gasteiger partial charge in [0, 0.05) is 12.4 Å². The van der Waals surface area contributed by atoms with E-state index >= 15 is 0 Å². The molecule has 1 amide bonds. The normalized spacial score (nSPS) is 10.1. The fourth-order valence-corrected chi connectivity index (χ4v) is 2.22. The van der Waals surface area contributed by atoms with Crippen molar-refractivity contribution in [3.63, 3.8) is 0 Å². The van der Waals surface area contributed by atoms with Crippen LogP contribution in [0.3, 0.4) is 0 Å². The van der Waals surface area contributed by atoms with Crippen LogP contribution in [-0.2, 0) is 0 Å². The summed E-state index contributed by atoms with van der Waals surface area (Å²) in [6.07, 6.45) is 3.23.